The third kappa shape index (κ3) is 4.75. The molecule has 1 fully saturated rings. The molecular weight excluding hydrogens is 506 g/mol. The number of carbonyl (C=O) groups is 2. The van der Waals surface area contributed by atoms with Gasteiger partial charge in [-0.05, 0) is 60.9 Å². The SMILES string of the molecule is COc1ccc(Cn2c(-c3nc4cc(C(=O)N5CCC[C@@H](NC(=O)O)C5)ccc4n3C)cc3ccccc32)cc1. The predicted octanol–water partition coefficient (Wildman–Crippen LogP) is 5.12. The van der Waals surface area contributed by atoms with Crippen LogP contribution in [0.4, 0.5) is 4.79 Å². The van der Waals surface area contributed by atoms with Gasteiger partial charge >= 0.3 is 6.09 Å². The second-order valence-electron chi connectivity index (χ2n) is 10.3. The number of methoxy groups -OCH3 is 1. The molecular formula is C31H31N5O4. The lowest BCUT2D eigenvalue weighted by molar-refractivity contribution is 0.0692. The molecule has 204 valence electrons. The van der Waals surface area contributed by atoms with Crippen LogP contribution in [0.25, 0.3) is 33.5 Å². The highest BCUT2D eigenvalue weighted by Gasteiger charge is 2.26. The van der Waals surface area contributed by atoms with Crippen LogP contribution < -0.4 is 10.1 Å². The average Bonchev–Trinajstić information content (AvgIpc) is 3.49. The largest absolute Gasteiger partial charge is 0.497 e. The number of rotatable bonds is 6. The summed E-state index contributed by atoms with van der Waals surface area (Å²) in [6.07, 6.45) is 0.417. The highest BCUT2D eigenvalue weighted by atomic mass is 16.5. The lowest BCUT2D eigenvalue weighted by atomic mass is 10.0. The van der Waals surface area contributed by atoms with E-state index in [0.717, 1.165) is 57.6 Å². The molecule has 1 atom stereocenters. The number of para-hydroxylation sites is 1. The fraction of sp³-hybridized carbons (Fsp3) is 0.258. The summed E-state index contributed by atoms with van der Waals surface area (Å²) >= 11 is 0. The first kappa shape index (κ1) is 25.5. The van der Waals surface area contributed by atoms with Crippen LogP contribution in [0.15, 0.2) is 72.8 Å². The number of carbonyl (C=O) groups excluding carboxylic acids is 1. The zero-order chi connectivity index (χ0) is 27.8. The van der Waals surface area contributed by atoms with Gasteiger partial charge in [0.15, 0.2) is 5.82 Å². The average molecular weight is 538 g/mol. The summed E-state index contributed by atoms with van der Waals surface area (Å²) in [5, 5.41) is 12.7. The number of benzene rings is 3. The van der Waals surface area contributed by atoms with Crippen molar-refractivity contribution in [3.63, 3.8) is 0 Å². The molecule has 5 aromatic rings. The maximum absolute atomic E-state index is 13.4. The first-order valence-corrected chi connectivity index (χ1v) is 13.4. The maximum Gasteiger partial charge on any atom is 0.404 e. The smallest absolute Gasteiger partial charge is 0.404 e. The van der Waals surface area contributed by atoms with Gasteiger partial charge in [0.2, 0.25) is 0 Å². The quantitative estimate of drug-likeness (QED) is 0.313. The Bertz CT molecular complexity index is 1720. The second-order valence-corrected chi connectivity index (χ2v) is 10.3. The zero-order valence-electron chi connectivity index (χ0n) is 22.5. The number of nitrogens with one attached hydrogen (secondary N) is 1. The number of imidazole rings is 1. The molecule has 0 bridgehead atoms. The van der Waals surface area contributed by atoms with Crippen LogP contribution >= 0.6 is 0 Å². The minimum absolute atomic E-state index is 0.111. The lowest BCUT2D eigenvalue weighted by Gasteiger charge is -2.32. The summed E-state index contributed by atoms with van der Waals surface area (Å²) in [4.78, 5) is 31.2. The highest BCUT2D eigenvalue weighted by molar-refractivity contribution is 5.98. The summed E-state index contributed by atoms with van der Waals surface area (Å²) in [5.74, 6) is 1.52. The molecule has 1 saturated heterocycles. The van der Waals surface area contributed by atoms with E-state index in [0.29, 0.717) is 25.2 Å². The first-order valence-electron chi connectivity index (χ1n) is 13.4. The normalized spacial score (nSPS) is 15.4. The molecule has 2 N–H and O–H groups in total. The van der Waals surface area contributed by atoms with Crippen LogP contribution in [-0.2, 0) is 13.6 Å². The van der Waals surface area contributed by atoms with Gasteiger partial charge in [-0.2, -0.15) is 0 Å². The second kappa shape index (κ2) is 10.4. The number of fused-ring (bicyclic) bond motifs is 2. The third-order valence-corrected chi connectivity index (χ3v) is 7.70. The van der Waals surface area contributed by atoms with Crippen molar-refractivity contribution < 1.29 is 19.4 Å². The topological polar surface area (TPSA) is 102 Å². The Morgan fingerprint density at radius 3 is 2.62 bits per heavy atom. The van der Waals surface area contributed by atoms with Gasteiger partial charge in [-0.3, -0.25) is 4.79 Å². The molecule has 2 aromatic heterocycles. The molecule has 9 heteroatoms. The van der Waals surface area contributed by atoms with E-state index in [1.165, 1.54) is 0 Å². The molecule has 9 nitrogen and oxygen atoms in total. The van der Waals surface area contributed by atoms with E-state index in [4.69, 9.17) is 14.8 Å². The molecule has 2 amide bonds. The van der Waals surface area contributed by atoms with Gasteiger partial charge in [0, 0.05) is 49.2 Å². The van der Waals surface area contributed by atoms with Crippen molar-refractivity contribution >= 4 is 33.9 Å². The summed E-state index contributed by atoms with van der Waals surface area (Å²) in [5.41, 5.74) is 5.46. The Hall–Kier alpha value is -4.79. The molecule has 0 spiro atoms. The van der Waals surface area contributed by atoms with Crippen LogP contribution in [-0.4, -0.2) is 62.4 Å². The third-order valence-electron chi connectivity index (χ3n) is 7.70. The Kier molecular flexibility index (Phi) is 6.63. The van der Waals surface area contributed by atoms with Crippen molar-refractivity contribution in [3.05, 3.63) is 83.9 Å². The fourth-order valence-electron chi connectivity index (χ4n) is 5.68. The van der Waals surface area contributed by atoms with Crippen molar-refractivity contribution in [2.24, 2.45) is 7.05 Å². The van der Waals surface area contributed by atoms with Crippen molar-refractivity contribution in [3.8, 4) is 17.3 Å². The summed E-state index contributed by atoms with van der Waals surface area (Å²) < 4.78 is 9.67. The fourth-order valence-corrected chi connectivity index (χ4v) is 5.68. The molecule has 3 heterocycles. The molecule has 0 saturated carbocycles. The van der Waals surface area contributed by atoms with Gasteiger partial charge in [0.1, 0.15) is 5.75 Å². The van der Waals surface area contributed by atoms with E-state index in [9.17, 15) is 9.59 Å². The Morgan fingerprint density at radius 1 is 1.05 bits per heavy atom. The lowest BCUT2D eigenvalue weighted by Crippen LogP contribution is -2.49. The number of carboxylic acid groups (broad SMARTS) is 1. The summed E-state index contributed by atoms with van der Waals surface area (Å²) in [6, 6.07) is 23.9. The minimum atomic E-state index is -1.06. The maximum atomic E-state index is 13.4. The molecule has 1 aliphatic heterocycles. The number of nitrogens with zero attached hydrogens (tertiary/aromatic N) is 4. The number of likely N-dealkylation sites (tertiary alicyclic amines) is 1. The molecule has 6 rings (SSSR count). The molecule has 0 unspecified atom stereocenters. The number of amides is 2. The molecule has 0 aliphatic carbocycles. The number of ether oxygens (including phenoxy) is 1. The van der Waals surface area contributed by atoms with E-state index in [-0.39, 0.29) is 11.9 Å². The number of hydrogen-bond donors (Lipinski definition) is 2. The Labute approximate surface area is 231 Å². The molecule has 3 aromatic carbocycles. The predicted molar refractivity (Wildman–Crippen MR) is 154 cm³/mol. The van der Waals surface area contributed by atoms with E-state index in [1.54, 1.807) is 12.0 Å². The van der Waals surface area contributed by atoms with Crippen LogP contribution in [0, 0.1) is 0 Å². The summed E-state index contributed by atoms with van der Waals surface area (Å²) in [7, 11) is 3.66. The number of piperidine rings is 1. The first-order chi connectivity index (χ1) is 19.4. The van der Waals surface area contributed by atoms with Gasteiger partial charge in [-0.25, -0.2) is 9.78 Å². The van der Waals surface area contributed by atoms with Gasteiger partial charge < -0.3 is 29.2 Å². The number of aryl methyl sites for hydroxylation is 1. The van der Waals surface area contributed by atoms with Crippen molar-refractivity contribution in [1.82, 2.24) is 24.3 Å². The highest BCUT2D eigenvalue weighted by Crippen LogP contribution is 2.31. The van der Waals surface area contributed by atoms with Crippen molar-refractivity contribution in [1.29, 1.82) is 0 Å². The van der Waals surface area contributed by atoms with E-state index in [1.807, 2.05) is 49.5 Å². The monoisotopic (exact) mass is 537 g/mol. The van der Waals surface area contributed by atoms with Gasteiger partial charge in [0.25, 0.3) is 5.91 Å². The van der Waals surface area contributed by atoms with Crippen LogP contribution in [0.2, 0.25) is 0 Å². The standard InChI is InChI=1S/C31H31N5O4/c1-34-27-14-11-22(30(37)35-15-5-7-23(19-35)32-31(38)39)16-25(27)33-29(34)28-17-21-6-3-4-8-26(21)36(28)18-20-9-12-24(40-2)13-10-20/h3-4,6,8-14,16-17,23,32H,5,7,15,18-19H2,1-2H3,(H,38,39)/t23-/m1/s1. The van der Waals surface area contributed by atoms with Gasteiger partial charge in [0.05, 0.1) is 23.8 Å². The molecule has 1 aliphatic rings. The van der Waals surface area contributed by atoms with E-state index >= 15 is 0 Å². The zero-order valence-corrected chi connectivity index (χ0v) is 22.5. The van der Waals surface area contributed by atoms with Crippen LogP contribution in [0.5, 0.6) is 5.75 Å². The van der Waals surface area contributed by atoms with E-state index in [2.05, 4.69) is 44.8 Å². The molecule has 0 radical (unpaired) electrons. The molecule has 40 heavy (non-hydrogen) atoms. The Morgan fingerprint density at radius 2 is 1.85 bits per heavy atom. The van der Waals surface area contributed by atoms with Crippen molar-refractivity contribution in [2.75, 3.05) is 20.2 Å². The van der Waals surface area contributed by atoms with Crippen LogP contribution in [0.3, 0.4) is 0 Å². The Balaban J connectivity index is 1.35. The minimum Gasteiger partial charge on any atom is -0.497 e. The number of hydrogen-bond acceptors (Lipinski definition) is 4. The van der Waals surface area contributed by atoms with E-state index < -0.39 is 6.09 Å². The number of aromatic nitrogens is 3. The van der Waals surface area contributed by atoms with Crippen LogP contribution in [0.1, 0.15) is 28.8 Å². The van der Waals surface area contributed by atoms with Gasteiger partial charge in [-0.1, -0.05) is 30.3 Å². The summed E-state index contributed by atoms with van der Waals surface area (Å²) in [6.45, 7) is 1.63. The van der Waals surface area contributed by atoms with Gasteiger partial charge in [-0.15, -0.1) is 0 Å². The van der Waals surface area contributed by atoms with Crippen molar-refractivity contribution in [2.45, 2.75) is 25.4 Å².